The molecule has 0 aliphatic carbocycles. The highest BCUT2D eigenvalue weighted by molar-refractivity contribution is 7.89. The van der Waals surface area contributed by atoms with Crippen molar-refractivity contribution in [3.8, 4) is 0 Å². The highest BCUT2D eigenvalue weighted by Crippen LogP contribution is 2.24. The van der Waals surface area contributed by atoms with Crippen LogP contribution in [0.4, 0.5) is 0 Å². The van der Waals surface area contributed by atoms with Gasteiger partial charge in [-0.25, -0.2) is 17.7 Å². The smallest absolute Gasteiger partial charge is 0.242 e. The van der Waals surface area contributed by atoms with Crippen molar-refractivity contribution in [2.45, 2.75) is 51.5 Å². The summed E-state index contributed by atoms with van der Waals surface area (Å²) in [5.74, 6) is 2.09. The summed E-state index contributed by atoms with van der Waals surface area (Å²) in [6.07, 6.45) is 2.15. The van der Waals surface area contributed by atoms with Gasteiger partial charge in [-0.15, -0.1) is 0 Å². The summed E-state index contributed by atoms with van der Waals surface area (Å²) in [5, 5.41) is 0. The van der Waals surface area contributed by atoms with Crippen LogP contribution in [0.25, 0.3) is 11.0 Å². The summed E-state index contributed by atoms with van der Waals surface area (Å²) < 4.78 is 28.1. The molecule has 2 atom stereocenters. The van der Waals surface area contributed by atoms with E-state index in [1.807, 2.05) is 17.9 Å². The first kappa shape index (κ1) is 21.8. The van der Waals surface area contributed by atoms with Gasteiger partial charge >= 0.3 is 0 Å². The highest BCUT2D eigenvalue weighted by atomic mass is 32.2. The first-order chi connectivity index (χ1) is 13.6. The lowest BCUT2D eigenvalue weighted by Gasteiger charge is -2.35. The predicted octanol–water partition coefficient (Wildman–Crippen LogP) is 2.74. The molecule has 1 saturated heterocycles. The van der Waals surface area contributed by atoms with E-state index in [9.17, 15) is 13.2 Å². The maximum Gasteiger partial charge on any atom is 0.242 e. The molecule has 29 heavy (non-hydrogen) atoms. The van der Waals surface area contributed by atoms with Gasteiger partial charge in [0, 0.05) is 46.6 Å². The third-order valence-corrected chi connectivity index (χ3v) is 7.49. The number of carbonyl (C=O) groups excluding carboxylic acids is 1. The number of benzene rings is 1. The van der Waals surface area contributed by atoms with Crippen molar-refractivity contribution in [2.75, 3.05) is 27.2 Å². The number of aryl methyl sites for hydroxylation is 2. The number of imidazole rings is 1. The number of fused-ring (bicyclic) bond motifs is 1. The summed E-state index contributed by atoms with van der Waals surface area (Å²) in [6, 6.07) is 5.05. The molecule has 0 saturated carbocycles. The molecule has 1 aromatic heterocycles. The molecular weight excluding hydrogens is 388 g/mol. The number of hydrogen-bond donors (Lipinski definition) is 0. The maximum absolute atomic E-state index is 12.7. The Bertz CT molecular complexity index is 987. The second-order valence-electron chi connectivity index (χ2n) is 8.46. The first-order valence-corrected chi connectivity index (χ1v) is 11.8. The molecule has 0 N–H and O–H groups in total. The fraction of sp³-hybridized carbons (Fsp3) is 0.619. The lowest BCUT2D eigenvalue weighted by molar-refractivity contribution is -0.133. The number of aromatic nitrogens is 2. The van der Waals surface area contributed by atoms with E-state index in [1.165, 1.54) is 24.8 Å². The number of sulfonamides is 1. The third kappa shape index (κ3) is 4.48. The second kappa shape index (κ2) is 8.44. The molecule has 3 rings (SSSR count). The van der Waals surface area contributed by atoms with Crippen molar-refractivity contribution >= 4 is 27.0 Å². The lowest BCUT2D eigenvalue weighted by Crippen LogP contribution is -2.42. The Morgan fingerprint density at radius 1 is 1.21 bits per heavy atom. The zero-order chi connectivity index (χ0) is 21.3. The van der Waals surface area contributed by atoms with Crippen LogP contribution in [0.15, 0.2) is 23.1 Å². The van der Waals surface area contributed by atoms with Crippen LogP contribution in [-0.4, -0.2) is 60.3 Å². The average Bonchev–Trinajstić information content (AvgIpc) is 3.01. The summed E-state index contributed by atoms with van der Waals surface area (Å²) in [5.41, 5.74) is 1.55. The Labute approximate surface area is 173 Å². The quantitative estimate of drug-likeness (QED) is 0.720. The highest BCUT2D eigenvalue weighted by Gasteiger charge is 2.25. The van der Waals surface area contributed by atoms with Gasteiger partial charge in [0.2, 0.25) is 15.9 Å². The van der Waals surface area contributed by atoms with Crippen LogP contribution in [-0.2, 0) is 27.8 Å². The molecule has 1 aliphatic heterocycles. The minimum atomic E-state index is -3.51. The van der Waals surface area contributed by atoms with Gasteiger partial charge in [0.1, 0.15) is 5.82 Å². The van der Waals surface area contributed by atoms with E-state index in [0.717, 1.165) is 31.0 Å². The molecule has 0 bridgehead atoms. The Kier molecular flexibility index (Phi) is 6.33. The van der Waals surface area contributed by atoms with Gasteiger partial charge in [-0.3, -0.25) is 4.79 Å². The zero-order valence-electron chi connectivity index (χ0n) is 18.1. The fourth-order valence-electron chi connectivity index (χ4n) is 4.32. The van der Waals surface area contributed by atoms with E-state index in [0.29, 0.717) is 30.2 Å². The monoisotopic (exact) mass is 420 g/mol. The number of likely N-dealkylation sites (tertiary alicyclic amines) is 1. The number of hydrogen-bond acceptors (Lipinski definition) is 4. The molecule has 1 fully saturated rings. The maximum atomic E-state index is 12.7. The van der Waals surface area contributed by atoms with E-state index in [4.69, 9.17) is 0 Å². The molecule has 2 unspecified atom stereocenters. The zero-order valence-corrected chi connectivity index (χ0v) is 18.9. The molecule has 0 radical (unpaired) electrons. The van der Waals surface area contributed by atoms with Crippen molar-refractivity contribution in [2.24, 2.45) is 11.8 Å². The van der Waals surface area contributed by atoms with Crippen LogP contribution in [0.5, 0.6) is 0 Å². The molecular formula is C21H32N4O3S. The molecule has 0 spiro atoms. The Hall–Kier alpha value is -1.93. The van der Waals surface area contributed by atoms with E-state index in [2.05, 4.69) is 23.4 Å². The van der Waals surface area contributed by atoms with Crippen LogP contribution >= 0.6 is 0 Å². The van der Waals surface area contributed by atoms with Gasteiger partial charge in [0.25, 0.3) is 0 Å². The van der Waals surface area contributed by atoms with Crippen molar-refractivity contribution in [3.05, 3.63) is 24.0 Å². The summed E-state index contributed by atoms with van der Waals surface area (Å²) in [4.78, 5) is 19.6. The molecule has 7 nitrogen and oxygen atoms in total. The molecule has 160 valence electrons. The number of nitrogens with zero attached hydrogens (tertiary/aromatic N) is 4. The Morgan fingerprint density at radius 2 is 1.86 bits per heavy atom. The van der Waals surface area contributed by atoms with Gasteiger partial charge in [0.05, 0.1) is 15.9 Å². The third-order valence-electron chi connectivity index (χ3n) is 5.68. The lowest BCUT2D eigenvalue weighted by atomic mass is 9.91. The van der Waals surface area contributed by atoms with Crippen molar-refractivity contribution < 1.29 is 13.2 Å². The Morgan fingerprint density at radius 3 is 2.45 bits per heavy atom. The Balaban J connectivity index is 1.81. The van der Waals surface area contributed by atoms with Gasteiger partial charge < -0.3 is 9.47 Å². The van der Waals surface area contributed by atoms with Crippen molar-refractivity contribution in [3.63, 3.8) is 0 Å². The predicted molar refractivity (Wildman–Crippen MR) is 114 cm³/mol. The van der Waals surface area contributed by atoms with Gasteiger partial charge in [-0.05, 0) is 43.4 Å². The summed E-state index contributed by atoms with van der Waals surface area (Å²) in [7, 11) is -0.471. The van der Waals surface area contributed by atoms with E-state index < -0.39 is 10.0 Å². The minimum absolute atomic E-state index is 0.175. The topological polar surface area (TPSA) is 75.5 Å². The summed E-state index contributed by atoms with van der Waals surface area (Å²) in [6.45, 7) is 8.82. The van der Waals surface area contributed by atoms with Gasteiger partial charge in [-0.1, -0.05) is 13.8 Å². The minimum Gasteiger partial charge on any atom is -0.342 e. The second-order valence-corrected chi connectivity index (χ2v) is 10.6. The molecule has 1 amide bonds. The normalized spacial score (nSPS) is 20.6. The number of rotatable bonds is 6. The molecule has 2 aromatic rings. The van der Waals surface area contributed by atoms with Crippen LogP contribution < -0.4 is 0 Å². The molecule has 2 heterocycles. The standard InChI is InChI=1S/C21H32N4O3S/c1-6-25-19-8-7-17(29(27,28)23(4)5)12-18(19)22-20(25)9-10-21(26)24-13-15(2)11-16(3)14-24/h7-8,12,15-16H,6,9-11,13-14H2,1-5H3. The van der Waals surface area contributed by atoms with E-state index >= 15 is 0 Å². The number of carbonyl (C=O) groups is 1. The molecule has 1 aliphatic rings. The SMILES string of the molecule is CCn1c(CCC(=O)N2CC(C)CC(C)C2)nc2cc(S(=O)(=O)N(C)C)ccc21. The van der Waals surface area contributed by atoms with Crippen molar-refractivity contribution in [1.82, 2.24) is 18.8 Å². The first-order valence-electron chi connectivity index (χ1n) is 10.3. The average molecular weight is 421 g/mol. The van der Waals surface area contributed by atoms with E-state index in [-0.39, 0.29) is 10.8 Å². The largest absolute Gasteiger partial charge is 0.342 e. The van der Waals surface area contributed by atoms with Crippen LogP contribution in [0.1, 0.15) is 39.4 Å². The van der Waals surface area contributed by atoms with Crippen LogP contribution in [0.2, 0.25) is 0 Å². The number of amides is 1. The van der Waals surface area contributed by atoms with Crippen molar-refractivity contribution in [1.29, 1.82) is 0 Å². The van der Waals surface area contributed by atoms with Crippen LogP contribution in [0, 0.1) is 11.8 Å². The van der Waals surface area contributed by atoms with Gasteiger partial charge in [-0.2, -0.15) is 0 Å². The number of piperidine rings is 1. The van der Waals surface area contributed by atoms with Crippen LogP contribution in [0.3, 0.4) is 0 Å². The molecule has 1 aromatic carbocycles. The van der Waals surface area contributed by atoms with E-state index in [1.54, 1.807) is 12.1 Å². The fourth-order valence-corrected chi connectivity index (χ4v) is 5.24. The summed E-state index contributed by atoms with van der Waals surface area (Å²) >= 11 is 0. The van der Waals surface area contributed by atoms with Gasteiger partial charge in [0.15, 0.2) is 0 Å². The molecule has 8 heteroatoms.